The van der Waals surface area contributed by atoms with Crippen LogP contribution < -0.4 is 14.8 Å². The molecular weight excluding hydrogens is 290 g/mol. The summed E-state index contributed by atoms with van der Waals surface area (Å²) in [6, 6.07) is 6.13. The van der Waals surface area contributed by atoms with Crippen LogP contribution in [0, 0.1) is 0 Å². The second-order valence-corrected chi connectivity index (χ2v) is 5.76. The van der Waals surface area contributed by atoms with Gasteiger partial charge < -0.3 is 14.8 Å². The largest absolute Gasteiger partial charge is 0.486 e. The molecule has 2 aromatic rings. The first-order chi connectivity index (χ1) is 10.3. The van der Waals surface area contributed by atoms with E-state index in [0.29, 0.717) is 13.2 Å². The molecule has 7 nitrogen and oxygen atoms in total. The summed E-state index contributed by atoms with van der Waals surface area (Å²) in [6.07, 6.45) is 0. The van der Waals surface area contributed by atoms with E-state index < -0.39 is 0 Å². The third-order valence-corrected chi connectivity index (χ3v) is 4.16. The molecule has 0 amide bonds. The lowest BCUT2D eigenvalue weighted by molar-refractivity contribution is -0.666. The second-order valence-electron chi connectivity index (χ2n) is 4.69. The van der Waals surface area contributed by atoms with Crippen LogP contribution in [0.15, 0.2) is 23.4 Å². The summed E-state index contributed by atoms with van der Waals surface area (Å²) in [6.45, 7) is 3.19. The lowest BCUT2D eigenvalue weighted by Gasteiger charge is -2.18. The Morgan fingerprint density at radius 3 is 2.95 bits per heavy atom. The Kier molecular flexibility index (Phi) is 4.56. The molecule has 21 heavy (non-hydrogen) atoms. The fraction of sp³-hybridized carbons (Fsp3) is 0.462. The van der Waals surface area contributed by atoms with Gasteiger partial charge >= 0.3 is 0 Å². The maximum atomic E-state index is 5.59. The highest BCUT2D eigenvalue weighted by Gasteiger charge is 2.12. The van der Waals surface area contributed by atoms with Gasteiger partial charge in [0, 0.05) is 12.6 Å². The lowest BCUT2D eigenvalue weighted by Crippen LogP contribution is -2.83. The molecule has 0 unspecified atom stereocenters. The molecule has 1 aromatic carbocycles. The number of aromatic nitrogens is 4. The van der Waals surface area contributed by atoms with Crippen molar-refractivity contribution in [2.75, 3.05) is 25.5 Å². The second kappa shape index (κ2) is 6.77. The molecule has 0 radical (unpaired) electrons. The number of thioether (sulfide) groups is 1. The predicted octanol–water partition coefficient (Wildman–Crippen LogP) is -0.163. The number of benzene rings is 1. The molecule has 0 fully saturated rings. The molecule has 0 aliphatic carbocycles. The molecule has 0 spiro atoms. The maximum absolute atomic E-state index is 5.59. The van der Waals surface area contributed by atoms with E-state index in [4.69, 9.17) is 9.47 Å². The molecule has 3 rings (SSSR count). The van der Waals surface area contributed by atoms with Crippen LogP contribution in [-0.4, -0.2) is 45.7 Å². The van der Waals surface area contributed by atoms with Crippen molar-refractivity contribution in [1.29, 1.82) is 0 Å². The number of nitrogens with zero attached hydrogens (tertiary/aromatic N) is 4. The molecular formula is C13H18N5O2S+. The van der Waals surface area contributed by atoms with Crippen LogP contribution in [0.5, 0.6) is 11.5 Å². The Hall–Kier alpha value is -1.80. The molecule has 2 heterocycles. The SMILES string of the molecule is Cn1nnnc1SCC[NH2+]Cc1ccc2c(c1)OCCO2. The van der Waals surface area contributed by atoms with Crippen molar-refractivity contribution < 1.29 is 14.8 Å². The summed E-state index contributed by atoms with van der Waals surface area (Å²) in [7, 11) is 1.85. The Morgan fingerprint density at radius 2 is 2.14 bits per heavy atom. The van der Waals surface area contributed by atoms with Crippen molar-refractivity contribution in [3.05, 3.63) is 23.8 Å². The zero-order valence-electron chi connectivity index (χ0n) is 11.9. The van der Waals surface area contributed by atoms with E-state index in [1.165, 1.54) is 5.56 Å². The average molecular weight is 308 g/mol. The molecule has 0 atom stereocenters. The summed E-state index contributed by atoms with van der Waals surface area (Å²) < 4.78 is 12.8. The van der Waals surface area contributed by atoms with Crippen molar-refractivity contribution in [2.24, 2.45) is 7.05 Å². The zero-order chi connectivity index (χ0) is 14.5. The highest BCUT2D eigenvalue weighted by atomic mass is 32.2. The minimum absolute atomic E-state index is 0.628. The number of fused-ring (bicyclic) bond motifs is 1. The number of hydrogen-bond donors (Lipinski definition) is 1. The minimum atomic E-state index is 0.628. The van der Waals surface area contributed by atoms with E-state index in [1.807, 2.05) is 13.1 Å². The first-order valence-corrected chi connectivity index (χ1v) is 7.87. The Balaban J connectivity index is 1.42. The van der Waals surface area contributed by atoms with Crippen LogP contribution in [-0.2, 0) is 13.6 Å². The van der Waals surface area contributed by atoms with E-state index in [0.717, 1.165) is 35.5 Å². The smallest absolute Gasteiger partial charge is 0.209 e. The molecule has 0 saturated carbocycles. The van der Waals surface area contributed by atoms with Gasteiger partial charge in [-0.1, -0.05) is 11.8 Å². The summed E-state index contributed by atoms with van der Waals surface area (Å²) in [4.78, 5) is 0. The molecule has 0 bridgehead atoms. The van der Waals surface area contributed by atoms with E-state index in [9.17, 15) is 0 Å². The van der Waals surface area contributed by atoms with Gasteiger partial charge in [0.05, 0.1) is 12.3 Å². The van der Waals surface area contributed by atoms with Crippen molar-refractivity contribution in [1.82, 2.24) is 20.2 Å². The first-order valence-electron chi connectivity index (χ1n) is 6.88. The Morgan fingerprint density at radius 1 is 1.29 bits per heavy atom. The summed E-state index contributed by atoms with van der Waals surface area (Å²) in [5, 5.41) is 14.5. The van der Waals surface area contributed by atoms with Gasteiger partial charge in [-0.2, -0.15) is 0 Å². The number of nitrogens with two attached hydrogens (primary N) is 1. The van der Waals surface area contributed by atoms with Crippen molar-refractivity contribution in [3.63, 3.8) is 0 Å². The predicted molar refractivity (Wildman–Crippen MR) is 77.5 cm³/mol. The quantitative estimate of drug-likeness (QED) is 0.590. The normalized spacial score (nSPS) is 13.4. The fourth-order valence-electron chi connectivity index (χ4n) is 2.06. The summed E-state index contributed by atoms with van der Waals surface area (Å²) in [5.41, 5.74) is 1.24. The van der Waals surface area contributed by atoms with E-state index >= 15 is 0 Å². The number of quaternary nitrogens is 1. The number of rotatable bonds is 6. The average Bonchev–Trinajstić information content (AvgIpc) is 2.92. The van der Waals surface area contributed by atoms with Crippen LogP contribution in [0.3, 0.4) is 0 Å². The van der Waals surface area contributed by atoms with E-state index in [-0.39, 0.29) is 0 Å². The van der Waals surface area contributed by atoms with Crippen LogP contribution in [0.25, 0.3) is 0 Å². The standard InChI is InChI=1S/C13H17N5O2S/c1-18-13(15-16-17-18)21-7-4-14-9-10-2-3-11-12(8-10)20-6-5-19-11/h2-3,8,14H,4-7,9H2,1H3/p+1. The molecule has 1 aromatic heterocycles. The van der Waals surface area contributed by atoms with Crippen molar-refractivity contribution in [3.8, 4) is 11.5 Å². The van der Waals surface area contributed by atoms with Gasteiger partial charge in [-0.3, -0.25) is 0 Å². The van der Waals surface area contributed by atoms with Crippen LogP contribution >= 0.6 is 11.8 Å². The molecule has 0 saturated heterocycles. The van der Waals surface area contributed by atoms with Gasteiger partial charge in [0.1, 0.15) is 19.8 Å². The third-order valence-electron chi connectivity index (χ3n) is 3.12. The first kappa shape index (κ1) is 14.2. The molecule has 1 aliphatic rings. The fourth-order valence-corrected chi connectivity index (χ4v) is 2.85. The van der Waals surface area contributed by atoms with Gasteiger partial charge in [0.15, 0.2) is 11.5 Å². The molecule has 2 N–H and O–H groups in total. The molecule has 1 aliphatic heterocycles. The Labute approximate surface area is 127 Å². The highest BCUT2D eigenvalue weighted by Crippen LogP contribution is 2.30. The van der Waals surface area contributed by atoms with Gasteiger partial charge in [0.2, 0.25) is 5.16 Å². The minimum Gasteiger partial charge on any atom is -0.486 e. The summed E-state index contributed by atoms with van der Waals surface area (Å²) >= 11 is 1.66. The van der Waals surface area contributed by atoms with Crippen LogP contribution in [0.1, 0.15) is 5.56 Å². The topological polar surface area (TPSA) is 78.7 Å². The van der Waals surface area contributed by atoms with Gasteiger partial charge in [-0.05, 0) is 28.6 Å². The lowest BCUT2D eigenvalue weighted by atomic mass is 10.2. The summed E-state index contributed by atoms with van der Waals surface area (Å²) in [5.74, 6) is 2.67. The van der Waals surface area contributed by atoms with E-state index in [2.05, 4.69) is 33.0 Å². The number of aryl methyl sites for hydroxylation is 1. The van der Waals surface area contributed by atoms with Crippen molar-refractivity contribution in [2.45, 2.75) is 11.7 Å². The Bertz CT molecular complexity index is 604. The number of ether oxygens (including phenoxy) is 2. The number of tetrazole rings is 1. The highest BCUT2D eigenvalue weighted by molar-refractivity contribution is 7.99. The van der Waals surface area contributed by atoms with Crippen LogP contribution in [0.2, 0.25) is 0 Å². The van der Waals surface area contributed by atoms with Crippen molar-refractivity contribution >= 4 is 11.8 Å². The molecule has 112 valence electrons. The third kappa shape index (κ3) is 3.64. The van der Waals surface area contributed by atoms with Gasteiger partial charge in [-0.15, -0.1) is 5.10 Å². The zero-order valence-corrected chi connectivity index (χ0v) is 12.7. The monoisotopic (exact) mass is 308 g/mol. The van der Waals surface area contributed by atoms with Crippen LogP contribution in [0.4, 0.5) is 0 Å². The van der Waals surface area contributed by atoms with Gasteiger partial charge in [-0.25, -0.2) is 4.68 Å². The number of hydrogen-bond acceptors (Lipinski definition) is 6. The van der Waals surface area contributed by atoms with Gasteiger partial charge in [0.25, 0.3) is 0 Å². The maximum Gasteiger partial charge on any atom is 0.209 e. The molecule has 8 heteroatoms. The van der Waals surface area contributed by atoms with E-state index in [1.54, 1.807) is 16.4 Å².